The third-order valence-corrected chi connectivity index (χ3v) is 3.24. The zero-order valence-corrected chi connectivity index (χ0v) is 12.4. The van der Waals surface area contributed by atoms with Crippen molar-refractivity contribution in [3.05, 3.63) is 41.0 Å². The summed E-state index contributed by atoms with van der Waals surface area (Å²) in [5.74, 6) is 2.05. The molecule has 1 atom stereocenters. The average molecular weight is 275 g/mol. The SMILES string of the molecule is CCc1noc(COc2ccc(C)cc2C(C)NC)n1. The molecule has 0 aliphatic rings. The summed E-state index contributed by atoms with van der Waals surface area (Å²) >= 11 is 0. The maximum atomic E-state index is 5.82. The molecule has 2 aromatic rings. The Morgan fingerprint density at radius 3 is 2.85 bits per heavy atom. The molecule has 0 amide bonds. The van der Waals surface area contributed by atoms with Gasteiger partial charge in [0.25, 0.3) is 5.89 Å². The molecule has 0 aliphatic carbocycles. The molecule has 0 aliphatic heterocycles. The predicted octanol–water partition coefficient (Wildman–Crippen LogP) is 2.80. The standard InChI is InChI=1S/C15H21N3O2/c1-5-14-17-15(20-18-14)9-19-13-7-6-10(2)8-12(13)11(3)16-4/h6-8,11,16H,5,9H2,1-4H3. The number of rotatable bonds is 6. The minimum atomic E-state index is 0.221. The normalized spacial score (nSPS) is 12.4. The van der Waals surface area contributed by atoms with Crippen LogP contribution in [-0.2, 0) is 13.0 Å². The van der Waals surface area contributed by atoms with Gasteiger partial charge in [-0.05, 0) is 27.0 Å². The van der Waals surface area contributed by atoms with E-state index in [9.17, 15) is 0 Å². The molecule has 1 unspecified atom stereocenters. The topological polar surface area (TPSA) is 60.2 Å². The second-order valence-corrected chi connectivity index (χ2v) is 4.80. The van der Waals surface area contributed by atoms with Crippen molar-refractivity contribution < 1.29 is 9.26 Å². The molecule has 0 fully saturated rings. The summed E-state index contributed by atoms with van der Waals surface area (Å²) in [6.45, 7) is 6.45. The summed E-state index contributed by atoms with van der Waals surface area (Å²) in [6.07, 6.45) is 0.760. The van der Waals surface area contributed by atoms with Crippen molar-refractivity contribution in [2.75, 3.05) is 7.05 Å². The Labute approximate surface area is 119 Å². The Kier molecular flexibility index (Phi) is 4.74. The van der Waals surface area contributed by atoms with E-state index in [1.807, 2.05) is 26.1 Å². The van der Waals surface area contributed by atoms with Crippen LogP contribution in [0.4, 0.5) is 0 Å². The van der Waals surface area contributed by atoms with Gasteiger partial charge in [-0.1, -0.05) is 29.8 Å². The summed E-state index contributed by atoms with van der Waals surface area (Å²) in [5, 5.41) is 7.09. The number of nitrogens with one attached hydrogen (secondary N) is 1. The Bertz CT molecular complexity index is 566. The Morgan fingerprint density at radius 1 is 1.40 bits per heavy atom. The van der Waals surface area contributed by atoms with E-state index in [-0.39, 0.29) is 6.04 Å². The zero-order valence-electron chi connectivity index (χ0n) is 12.4. The lowest BCUT2D eigenvalue weighted by Crippen LogP contribution is -2.14. The number of aromatic nitrogens is 2. The van der Waals surface area contributed by atoms with Crippen molar-refractivity contribution in [1.29, 1.82) is 0 Å². The predicted molar refractivity (Wildman–Crippen MR) is 76.7 cm³/mol. The van der Waals surface area contributed by atoms with Gasteiger partial charge >= 0.3 is 0 Å². The van der Waals surface area contributed by atoms with Gasteiger partial charge in [-0.3, -0.25) is 0 Å². The lowest BCUT2D eigenvalue weighted by atomic mass is 10.0. The molecule has 0 saturated heterocycles. The van der Waals surface area contributed by atoms with E-state index in [2.05, 4.69) is 35.4 Å². The summed E-state index contributed by atoms with van der Waals surface area (Å²) in [4.78, 5) is 4.24. The van der Waals surface area contributed by atoms with Gasteiger partial charge in [0.15, 0.2) is 12.4 Å². The largest absolute Gasteiger partial charge is 0.483 e. The molecular formula is C15H21N3O2. The molecule has 108 valence electrons. The molecule has 5 heteroatoms. The van der Waals surface area contributed by atoms with Crippen LogP contribution in [0.15, 0.2) is 22.7 Å². The van der Waals surface area contributed by atoms with Gasteiger partial charge in [0.2, 0.25) is 0 Å². The van der Waals surface area contributed by atoms with Crippen LogP contribution in [-0.4, -0.2) is 17.2 Å². The third kappa shape index (κ3) is 3.36. The number of hydrogen-bond donors (Lipinski definition) is 1. The van der Waals surface area contributed by atoms with Crippen LogP contribution < -0.4 is 10.1 Å². The van der Waals surface area contributed by atoms with Crippen molar-refractivity contribution in [2.45, 2.75) is 39.8 Å². The number of ether oxygens (including phenoxy) is 1. The highest BCUT2D eigenvalue weighted by atomic mass is 16.5. The van der Waals surface area contributed by atoms with E-state index in [1.165, 1.54) is 5.56 Å². The van der Waals surface area contributed by atoms with Crippen LogP contribution in [0.3, 0.4) is 0 Å². The number of benzene rings is 1. The highest BCUT2D eigenvalue weighted by molar-refractivity contribution is 5.38. The molecule has 5 nitrogen and oxygen atoms in total. The van der Waals surface area contributed by atoms with Crippen molar-refractivity contribution in [1.82, 2.24) is 15.5 Å². The lowest BCUT2D eigenvalue weighted by molar-refractivity contribution is 0.239. The highest BCUT2D eigenvalue weighted by Gasteiger charge is 2.12. The van der Waals surface area contributed by atoms with E-state index in [0.717, 1.165) is 17.7 Å². The summed E-state index contributed by atoms with van der Waals surface area (Å²) in [5.41, 5.74) is 2.34. The van der Waals surface area contributed by atoms with Crippen LogP contribution in [0, 0.1) is 6.92 Å². The minimum Gasteiger partial charge on any atom is -0.483 e. The highest BCUT2D eigenvalue weighted by Crippen LogP contribution is 2.26. The molecule has 0 radical (unpaired) electrons. The molecule has 1 heterocycles. The second-order valence-electron chi connectivity index (χ2n) is 4.80. The first-order chi connectivity index (χ1) is 9.63. The summed E-state index contributed by atoms with van der Waals surface area (Å²) < 4.78 is 10.9. The fourth-order valence-electron chi connectivity index (χ4n) is 1.93. The summed E-state index contributed by atoms with van der Waals surface area (Å²) in [6, 6.07) is 6.36. The van der Waals surface area contributed by atoms with Crippen molar-refractivity contribution in [3.8, 4) is 5.75 Å². The smallest absolute Gasteiger partial charge is 0.264 e. The fraction of sp³-hybridized carbons (Fsp3) is 0.467. The van der Waals surface area contributed by atoms with E-state index in [4.69, 9.17) is 9.26 Å². The maximum Gasteiger partial charge on any atom is 0.264 e. The molecule has 2 rings (SSSR count). The van der Waals surface area contributed by atoms with Crippen LogP contribution in [0.2, 0.25) is 0 Å². The van der Waals surface area contributed by atoms with E-state index in [0.29, 0.717) is 18.3 Å². The molecule has 1 aromatic heterocycles. The number of aryl methyl sites for hydroxylation is 2. The minimum absolute atomic E-state index is 0.221. The van der Waals surface area contributed by atoms with Gasteiger partial charge in [0, 0.05) is 18.0 Å². The van der Waals surface area contributed by atoms with Crippen LogP contribution >= 0.6 is 0 Å². The van der Waals surface area contributed by atoms with Gasteiger partial charge in [0.05, 0.1) is 0 Å². The maximum absolute atomic E-state index is 5.82. The Hall–Kier alpha value is -1.88. The van der Waals surface area contributed by atoms with Crippen LogP contribution in [0.25, 0.3) is 0 Å². The number of hydrogen-bond acceptors (Lipinski definition) is 5. The molecule has 0 spiro atoms. The zero-order chi connectivity index (χ0) is 14.5. The van der Waals surface area contributed by atoms with Crippen LogP contribution in [0.5, 0.6) is 5.75 Å². The van der Waals surface area contributed by atoms with Gasteiger partial charge in [-0.2, -0.15) is 4.98 Å². The fourth-order valence-corrected chi connectivity index (χ4v) is 1.93. The molecule has 0 saturated carbocycles. The molecule has 1 aromatic carbocycles. The van der Waals surface area contributed by atoms with Gasteiger partial charge < -0.3 is 14.6 Å². The van der Waals surface area contributed by atoms with E-state index < -0.39 is 0 Å². The first-order valence-electron chi connectivity index (χ1n) is 6.86. The van der Waals surface area contributed by atoms with E-state index in [1.54, 1.807) is 0 Å². The monoisotopic (exact) mass is 275 g/mol. The number of nitrogens with zero attached hydrogens (tertiary/aromatic N) is 2. The van der Waals surface area contributed by atoms with Gasteiger partial charge in [-0.15, -0.1) is 0 Å². The Balaban J connectivity index is 2.12. The lowest BCUT2D eigenvalue weighted by Gasteiger charge is -2.16. The average Bonchev–Trinajstić information content (AvgIpc) is 2.93. The first-order valence-corrected chi connectivity index (χ1v) is 6.86. The quantitative estimate of drug-likeness (QED) is 0.878. The molecular weight excluding hydrogens is 254 g/mol. The molecule has 1 N–H and O–H groups in total. The van der Waals surface area contributed by atoms with Gasteiger partial charge in [0.1, 0.15) is 5.75 Å². The second kappa shape index (κ2) is 6.52. The van der Waals surface area contributed by atoms with Crippen molar-refractivity contribution >= 4 is 0 Å². The van der Waals surface area contributed by atoms with E-state index >= 15 is 0 Å². The van der Waals surface area contributed by atoms with Crippen molar-refractivity contribution in [2.24, 2.45) is 0 Å². The third-order valence-electron chi connectivity index (χ3n) is 3.24. The molecule has 20 heavy (non-hydrogen) atoms. The summed E-state index contributed by atoms with van der Waals surface area (Å²) in [7, 11) is 1.93. The van der Waals surface area contributed by atoms with Gasteiger partial charge in [-0.25, -0.2) is 0 Å². The van der Waals surface area contributed by atoms with Crippen LogP contribution in [0.1, 0.15) is 42.7 Å². The first kappa shape index (κ1) is 14.5. The van der Waals surface area contributed by atoms with Crippen molar-refractivity contribution in [3.63, 3.8) is 0 Å². The Morgan fingerprint density at radius 2 is 2.20 bits per heavy atom. The molecule has 0 bridgehead atoms.